The standard InChI is InChI=1S/C16H18N2O4/c1-20-13-7-12(8-14(21-2)15(13)22-3)16(19)18-10-11-5-4-6-17-9-11/h4-9H,10H2,1-3H3,(H,18,19). The molecule has 0 radical (unpaired) electrons. The lowest BCUT2D eigenvalue weighted by molar-refractivity contribution is 0.0950. The van der Waals surface area contributed by atoms with Crippen LogP contribution in [0.1, 0.15) is 15.9 Å². The minimum absolute atomic E-state index is 0.233. The SMILES string of the molecule is COc1cc(C(=O)NCc2cccnc2)cc(OC)c1OC. The van der Waals surface area contributed by atoms with Gasteiger partial charge in [0.15, 0.2) is 11.5 Å². The summed E-state index contributed by atoms with van der Waals surface area (Å²) in [6.07, 6.45) is 3.39. The van der Waals surface area contributed by atoms with Gasteiger partial charge < -0.3 is 19.5 Å². The van der Waals surface area contributed by atoms with Crippen LogP contribution in [0, 0.1) is 0 Å². The summed E-state index contributed by atoms with van der Waals surface area (Å²) in [5.41, 5.74) is 1.35. The lowest BCUT2D eigenvalue weighted by atomic mass is 10.1. The molecule has 0 saturated carbocycles. The van der Waals surface area contributed by atoms with E-state index < -0.39 is 0 Å². The van der Waals surface area contributed by atoms with Gasteiger partial charge in [0.2, 0.25) is 5.75 Å². The second-order valence-corrected chi connectivity index (χ2v) is 4.46. The molecular formula is C16H18N2O4. The van der Waals surface area contributed by atoms with E-state index in [0.29, 0.717) is 29.4 Å². The quantitative estimate of drug-likeness (QED) is 0.884. The van der Waals surface area contributed by atoms with Gasteiger partial charge in [-0.25, -0.2) is 0 Å². The first-order valence-electron chi connectivity index (χ1n) is 6.66. The highest BCUT2D eigenvalue weighted by Crippen LogP contribution is 2.38. The molecule has 116 valence electrons. The monoisotopic (exact) mass is 302 g/mol. The average Bonchev–Trinajstić information content (AvgIpc) is 2.59. The van der Waals surface area contributed by atoms with Crippen molar-refractivity contribution in [1.82, 2.24) is 10.3 Å². The zero-order chi connectivity index (χ0) is 15.9. The van der Waals surface area contributed by atoms with Gasteiger partial charge in [-0.2, -0.15) is 0 Å². The summed E-state index contributed by atoms with van der Waals surface area (Å²) in [6, 6.07) is 6.93. The third-order valence-corrected chi connectivity index (χ3v) is 3.10. The smallest absolute Gasteiger partial charge is 0.251 e. The fourth-order valence-corrected chi connectivity index (χ4v) is 2.00. The molecule has 0 bridgehead atoms. The van der Waals surface area contributed by atoms with E-state index in [1.807, 2.05) is 12.1 Å². The maximum absolute atomic E-state index is 12.3. The normalized spacial score (nSPS) is 9.95. The van der Waals surface area contributed by atoms with E-state index in [0.717, 1.165) is 5.56 Å². The van der Waals surface area contributed by atoms with Gasteiger partial charge in [-0.3, -0.25) is 9.78 Å². The molecule has 6 heteroatoms. The van der Waals surface area contributed by atoms with Gasteiger partial charge in [0, 0.05) is 24.5 Å². The maximum atomic E-state index is 12.3. The lowest BCUT2D eigenvalue weighted by Crippen LogP contribution is -2.23. The van der Waals surface area contributed by atoms with Crippen molar-refractivity contribution < 1.29 is 19.0 Å². The molecule has 2 rings (SSSR count). The molecule has 1 aromatic heterocycles. The molecule has 0 fully saturated rings. The number of ether oxygens (including phenoxy) is 3. The summed E-state index contributed by atoms with van der Waals surface area (Å²) in [4.78, 5) is 16.3. The highest BCUT2D eigenvalue weighted by Gasteiger charge is 2.16. The van der Waals surface area contributed by atoms with Crippen molar-refractivity contribution in [3.8, 4) is 17.2 Å². The summed E-state index contributed by atoms with van der Waals surface area (Å²) >= 11 is 0. The van der Waals surface area contributed by atoms with Crippen LogP contribution < -0.4 is 19.5 Å². The number of carbonyl (C=O) groups excluding carboxylic acids is 1. The van der Waals surface area contributed by atoms with Crippen LogP contribution in [0.3, 0.4) is 0 Å². The van der Waals surface area contributed by atoms with Gasteiger partial charge in [-0.05, 0) is 23.8 Å². The number of nitrogens with zero attached hydrogens (tertiary/aromatic N) is 1. The molecule has 0 atom stereocenters. The molecule has 1 aromatic carbocycles. The molecule has 22 heavy (non-hydrogen) atoms. The Labute approximate surface area is 129 Å². The van der Waals surface area contributed by atoms with Crippen LogP contribution in [-0.4, -0.2) is 32.2 Å². The van der Waals surface area contributed by atoms with Crippen molar-refractivity contribution >= 4 is 5.91 Å². The predicted octanol–water partition coefficient (Wildman–Crippen LogP) is 2.04. The van der Waals surface area contributed by atoms with Crippen LogP contribution in [0.25, 0.3) is 0 Å². The van der Waals surface area contributed by atoms with Crippen molar-refractivity contribution in [2.75, 3.05) is 21.3 Å². The minimum atomic E-state index is -0.233. The zero-order valence-electron chi connectivity index (χ0n) is 12.8. The number of benzene rings is 1. The molecule has 0 spiro atoms. The Balaban J connectivity index is 2.19. The predicted molar refractivity (Wildman–Crippen MR) is 81.5 cm³/mol. The first-order valence-corrected chi connectivity index (χ1v) is 6.66. The number of hydrogen-bond donors (Lipinski definition) is 1. The van der Waals surface area contributed by atoms with Gasteiger partial charge >= 0.3 is 0 Å². The Kier molecular flexibility index (Phi) is 5.19. The van der Waals surface area contributed by atoms with Crippen molar-refractivity contribution in [2.24, 2.45) is 0 Å². The van der Waals surface area contributed by atoms with Crippen molar-refractivity contribution in [1.29, 1.82) is 0 Å². The van der Waals surface area contributed by atoms with E-state index >= 15 is 0 Å². The molecule has 0 saturated heterocycles. The van der Waals surface area contributed by atoms with Crippen molar-refractivity contribution in [2.45, 2.75) is 6.54 Å². The summed E-state index contributed by atoms with van der Waals surface area (Å²) in [5, 5.41) is 2.82. The molecule has 1 heterocycles. The second kappa shape index (κ2) is 7.31. The first kappa shape index (κ1) is 15.6. The number of rotatable bonds is 6. The van der Waals surface area contributed by atoms with E-state index in [4.69, 9.17) is 14.2 Å². The Morgan fingerprint density at radius 3 is 2.32 bits per heavy atom. The average molecular weight is 302 g/mol. The molecule has 1 amide bonds. The zero-order valence-corrected chi connectivity index (χ0v) is 12.8. The topological polar surface area (TPSA) is 69.7 Å². The van der Waals surface area contributed by atoms with Gasteiger partial charge in [-0.15, -0.1) is 0 Å². The summed E-state index contributed by atoms with van der Waals surface area (Å²) in [5.74, 6) is 1.10. The number of methoxy groups -OCH3 is 3. The highest BCUT2D eigenvalue weighted by molar-refractivity contribution is 5.95. The van der Waals surface area contributed by atoms with E-state index in [1.165, 1.54) is 21.3 Å². The van der Waals surface area contributed by atoms with Crippen LogP contribution >= 0.6 is 0 Å². The summed E-state index contributed by atoms with van der Waals surface area (Å²) < 4.78 is 15.7. The fourth-order valence-electron chi connectivity index (χ4n) is 2.00. The fraction of sp³-hybridized carbons (Fsp3) is 0.250. The number of aromatic nitrogens is 1. The number of hydrogen-bond acceptors (Lipinski definition) is 5. The van der Waals surface area contributed by atoms with E-state index in [9.17, 15) is 4.79 Å². The third kappa shape index (κ3) is 3.46. The third-order valence-electron chi connectivity index (χ3n) is 3.10. The molecule has 0 aliphatic carbocycles. The van der Waals surface area contributed by atoms with Crippen molar-refractivity contribution in [3.63, 3.8) is 0 Å². The van der Waals surface area contributed by atoms with Crippen LogP contribution in [0.2, 0.25) is 0 Å². The number of amides is 1. The lowest BCUT2D eigenvalue weighted by Gasteiger charge is -2.14. The van der Waals surface area contributed by atoms with E-state index in [2.05, 4.69) is 10.3 Å². The molecule has 6 nitrogen and oxygen atoms in total. The molecule has 0 unspecified atom stereocenters. The van der Waals surface area contributed by atoms with E-state index in [1.54, 1.807) is 24.5 Å². The Hall–Kier alpha value is -2.76. The molecular weight excluding hydrogens is 284 g/mol. The van der Waals surface area contributed by atoms with Gasteiger partial charge in [-0.1, -0.05) is 6.07 Å². The van der Waals surface area contributed by atoms with Crippen LogP contribution in [0.4, 0.5) is 0 Å². The molecule has 0 aliphatic heterocycles. The number of nitrogens with one attached hydrogen (secondary N) is 1. The Bertz CT molecular complexity index is 619. The molecule has 0 aliphatic rings. The van der Waals surface area contributed by atoms with Gasteiger partial charge in [0.05, 0.1) is 21.3 Å². The Morgan fingerprint density at radius 1 is 1.14 bits per heavy atom. The van der Waals surface area contributed by atoms with E-state index in [-0.39, 0.29) is 5.91 Å². The molecule has 1 N–H and O–H groups in total. The Morgan fingerprint density at radius 2 is 1.82 bits per heavy atom. The maximum Gasteiger partial charge on any atom is 0.251 e. The minimum Gasteiger partial charge on any atom is -0.493 e. The van der Waals surface area contributed by atoms with Gasteiger partial charge in [0.1, 0.15) is 0 Å². The molecule has 2 aromatic rings. The van der Waals surface area contributed by atoms with Crippen LogP contribution in [0.15, 0.2) is 36.7 Å². The number of pyridine rings is 1. The van der Waals surface area contributed by atoms with Crippen molar-refractivity contribution in [3.05, 3.63) is 47.8 Å². The van der Waals surface area contributed by atoms with Crippen LogP contribution in [0.5, 0.6) is 17.2 Å². The number of carbonyl (C=O) groups is 1. The summed E-state index contributed by atoms with van der Waals surface area (Å²) in [6.45, 7) is 0.392. The largest absolute Gasteiger partial charge is 0.493 e. The highest BCUT2D eigenvalue weighted by atomic mass is 16.5. The van der Waals surface area contributed by atoms with Crippen LogP contribution in [-0.2, 0) is 6.54 Å². The first-order chi connectivity index (χ1) is 10.7. The van der Waals surface area contributed by atoms with Gasteiger partial charge in [0.25, 0.3) is 5.91 Å². The summed E-state index contributed by atoms with van der Waals surface area (Å²) in [7, 11) is 4.53. The second-order valence-electron chi connectivity index (χ2n) is 4.46.